The quantitative estimate of drug-likeness (QED) is 0.668. The minimum atomic E-state index is -4.06. The zero-order chi connectivity index (χ0) is 15.8. The summed E-state index contributed by atoms with van der Waals surface area (Å²) >= 11 is 0. The third-order valence-electron chi connectivity index (χ3n) is 3.54. The number of hydrogen-bond acceptors (Lipinski definition) is 5. The summed E-state index contributed by atoms with van der Waals surface area (Å²) in [6, 6.07) is 2.44. The van der Waals surface area contributed by atoms with Gasteiger partial charge in [0.2, 0.25) is 10.0 Å². The molecule has 0 unspecified atom stereocenters. The number of non-ortho nitro benzene ring substituents is 1. The van der Waals surface area contributed by atoms with Crippen LogP contribution in [-0.4, -0.2) is 41.4 Å². The van der Waals surface area contributed by atoms with Gasteiger partial charge in [0, 0.05) is 19.2 Å². The van der Waals surface area contributed by atoms with Crippen molar-refractivity contribution in [2.24, 2.45) is 0 Å². The van der Waals surface area contributed by atoms with E-state index in [4.69, 9.17) is 0 Å². The summed E-state index contributed by atoms with van der Waals surface area (Å²) in [5, 5.41) is 20.3. The van der Waals surface area contributed by atoms with Crippen LogP contribution in [0.3, 0.4) is 0 Å². The number of nitro benzene ring substituents is 1. The number of sulfonamides is 1. The van der Waals surface area contributed by atoms with Crippen LogP contribution >= 0.6 is 0 Å². The smallest absolute Gasteiger partial charge is 0.272 e. The summed E-state index contributed by atoms with van der Waals surface area (Å²) in [6.07, 6.45) is 0.502. The van der Waals surface area contributed by atoms with Crippen LogP contribution < -0.4 is 0 Å². The van der Waals surface area contributed by atoms with Gasteiger partial charge in [0.1, 0.15) is 10.7 Å². The Morgan fingerprint density at radius 3 is 2.43 bits per heavy atom. The Labute approximate surface area is 121 Å². The largest absolute Gasteiger partial charge is 0.390 e. The standard InChI is InChI=1S/C12H15FN2O5S/c1-12(16)4-6-14(7-5-12)21(19,20)11-3-2-9(15(17)18)8-10(11)13/h2-3,8,16H,4-7H2,1H3. The monoisotopic (exact) mass is 318 g/mol. The SMILES string of the molecule is CC1(O)CCN(S(=O)(=O)c2ccc([N+](=O)[O-])cc2F)CC1. The van der Waals surface area contributed by atoms with Gasteiger partial charge in [-0.3, -0.25) is 10.1 Å². The molecular weight excluding hydrogens is 303 g/mol. The van der Waals surface area contributed by atoms with Gasteiger partial charge in [0.15, 0.2) is 0 Å². The first-order chi connectivity index (χ1) is 9.63. The molecule has 1 saturated heterocycles. The van der Waals surface area contributed by atoms with Crippen molar-refractivity contribution in [3.05, 3.63) is 34.1 Å². The van der Waals surface area contributed by atoms with Gasteiger partial charge in [0.05, 0.1) is 16.6 Å². The summed E-state index contributed by atoms with van der Waals surface area (Å²) in [7, 11) is -4.06. The van der Waals surface area contributed by atoms with E-state index in [1.54, 1.807) is 6.92 Å². The fraction of sp³-hybridized carbons (Fsp3) is 0.500. The predicted molar refractivity (Wildman–Crippen MR) is 71.7 cm³/mol. The lowest BCUT2D eigenvalue weighted by molar-refractivity contribution is -0.385. The number of aliphatic hydroxyl groups is 1. The lowest BCUT2D eigenvalue weighted by atomic mass is 9.95. The van der Waals surface area contributed by atoms with E-state index in [1.165, 1.54) is 0 Å². The van der Waals surface area contributed by atoms with Crippen molar-refractivity contribution < 1.29 is 22.8 Å². The van der Waals surface area contributed by atoms with Crippen LogP contribution in [0.25, 0.3) is 0 Å². The van der Waals surface area contributed by atoms with Crippen LogP contribution in [-0.2, 0) is 10.0 Å². The molecule has 0 atom stereocenters. The zero-order valence-corrected chi connectivity index (χ0v) is 12.1. The van der Waals surface area contributed by atoms with Crippen LogP contribution in [0, 0.1) is 15.9 Å². The minimum absolute atomic E-state index is 0.0752. The Kier molecular flexibility index (Phi) is 4.00. The molecule has 0 saturated carbocycles. The van der Waals surface area contributed by atoms with Crippen LogP contribution in [0.1, 0.15) is 19.8 Å². The number of hydrogen-bond donors (Lipinski definition) is 1. The molecule has 0 amide bonds. The minimum Gasteiger partial charge on any atom is -0.390 e. The molecule has 0 spiro atoms. The van der Waals surface area contributed by atoms with Crippen molar-refractivity contribution in [2.75, 3.05) is 13.1 Å². The van der Waals surface area contributed by atoms with E-state index in [1.807, 2.05) is 0 Å². The number of rotatable bonds is 3. The van der Waals surface area contributed by atoms with Gasteiger partial charge in [-0.15, -0.1) is 0 Å². The molecule has 116 valence electrons. The van der Waals surface area contributed by atoms with Gasteiger partial charge in [0.25, 0.3) is 5.69 Å². The molecule has 0 aliphatic carbocycles. The fourth-order valence-electron chi connectivity index (χ4n) is 2.16. The topological polar surface area (TPSA) is 101 Å². The lowest BCUT2D eigenvalue weighted by Gasteiger charge is -2.34. The first-order valence-corrected chi connectivity index (χ1v) is 7.74. The fourth-order valence-corrected chi connectivity index (χ4v) is 3.65. The lowest BCUT2D eigenvalue weighted by Crippen LogP contribution is -2.45. The average molecular weight is 318 g/mol. The molecule has 1 fully saturated rings. The molecule has 0 bridgehead atoms. The number of nitrogens with zero attached hydrogens (tertiary/aromatic N) is 2. The molecule has 9 heteroatoms. The maximum absolute atomic E-state index is 13.9. The molecule has 1 aromatic carbocycles. The predicted octanol–water partition coefficient (Wildman–Crippen LogP) is 1.27. The molecule has 1 heterocycles. The van der Waals surface area contributed by atoms with Crippen LogP contribution in [0.2, 0.25) is 0 Å². The maximum Gasteiger partial charge on any atom is 0.272 e. The first-order valence-electron chi connectivity index (χ1n) is 6.30. The van der Waals surface area contributed by atoms with Gasteiger partial charge < -0.3 is 5.11 Å². The van der Waals surface area contributed by atoms with Crippen molar-refractivity contribution in [1.82, 2.24) is 4.31 Å². The number of nitro groups is 1. The Balaban J connectivity index is 2.30. The Bertz CT molecular complexity index is 664. The van der Waals surface area contributed by atoms with E-state index < -0.39 is 36.9 Å². The molecule has 1 N–H and O–H groups in total. The highest BCUT2D eigenvalue weighted by Crippen LogP contribution is 2.28. The number of halogens is 1. The van der Waals surface area contributed by atoms with Crippen molar-refractivity contribution in [3.63, 3.8) is 0 Å². The number of benzene rings is 1. The van der Waals surface area contributed by atoms with Gasteiger partial charge in [-0.25, -0.2) is 12.8 Å². The molecule has 1 aromatic rings. The van der Waals surface area contributed by atoms with Crippen molar-refractivity contribution in [2.45, 2.75) is 30.3 Å². The second kappa shape index (κ2) is 5.32. The highest BCUT2D eigenvalue weighted by molar-refractivity contribution is 7.89. The maximum atomic E-state index is 13.9. The van der Waals surface area contributed by atoms with Crippen LogP contribution in [0.15, 0.2) is 23.1 Å². The van der Waals surface area contributed by atoms with Crippen molar-refractivity contribution >= 4 is 15.7 Å². The molecular formula is C12H15FN2O5S. The van der Waals surface area contributed by atoms with E-state index in [2.05, 4.69) is 0 Å². The van der Waals surface area contributed by atoms with Gasteiger partial charge in [-0.1, -0.05) is 0 Å². The molecule has 1 aliphatic heterocycles. The summed E-state index contributed by atoms with van der Waals surface area (Å²) in [5.74, 6) is -1.15. The number of piperidine rings is 1. The molecule has 21 heavy (non-hydrogen) atoms. The van der Waals surface area contributed by atoms with E-state index in [9.17, 15) is 28.0 Å². The molecule has 1 aliphatic rings. The summed E-state index contributed by atoms with van der Waals surface area (Å²) in [4.78, 5) is 9.16. The van der Waals surface area contributed by atoms with E-state index in [-0.39, 0.29) is 25.9 Å². The van der Waals surface area contributed by atoms with Crippen LogP contribution in [0.5, 0.6) is 0 Å². The van der Waals surface area contributed by atoms with Gasteiger partial charge in [-0.2, -0.15) is 4.31 Å². The van der Waals surface area contributed by atoms with Crippen molar-refractivity contribution in [3.8, 4) is 0 Å². The van der Waals surface area contributed by atoms with E-state index in [0.717, 1.165) is 16.4 Å². The van der Waals surface area contributed by atoms with Crippen LogP contribution in [0.4, 0.5) is 10.1 Å². The zero-order valence-electron chi connectivity index (χ0n) is 11.3. The van der Waals surface area contributed by atoms with E-state index in [0.29, 0.717) is 6.07 Å². The first kappa shape index (κ1) is 15.8. The molecule has 0 radical (unpaired) electrons. The molecule has 2 rings (SSSR count). The Hall–Kier alpha value is -1.58. The Morgan fingerprint density at radius 1 is 1.38 bits per heavy atom. The average Bonchev–Trinajstić information content (AvgIpc) is 2.37. The van der Waals surface area contributed by atoms with Gasteiger partial charge in [-0.05, 0) is 25.8 Å². The second-order valence-corrected chi connectivity index (χ2v) is 7.18. The van der Waals surface area contributed by atoms with Crippen molar-refractivity contribution in [1.29, 1.82) is 0 Å². The normalized spacial score (nSPS) is 19.4. The Morgan fingerprint density at radius 2 is 1.95 bits per heavy atom. The highest BCUT2D eigenvalue weighted by atomic mass is 32.2. The summed E-state index contributed by atoms with van der Waals surface area (Å²) < 4.78 is 39.6. The molecule has 0 aromatic heterocycles. The second-order valence-electron chi connectivity index (χ2n) is 5.27. The van der Waals surface area contributed by atoms with Gasteiger partial charge >= 0.3 is 0 Å². The summed E-state index contributed by atoms with van der Waals surface area (Å²) in [6.45, 7) is 1.76. The summed E-state index contributed by atoms with van der Waals surface area (Å²) in [5.41, 5.74) is -1.44. The highest BCUT2D eigenvalue weighted by Gasteiger charge is 2.35. The van der Waals surface area contributed by atoms with E-state index >= 15 is 0 Å². The molecule has 7 nitrogen and oxygen atoms in total. The third kappa shape index (κ3) is 3.20. The third-order valence-corrected chi connectivity index (χ3v) is 5.48.